The van der Waals surface area contributed by atoms with Gasteiger partial charge in [0.05, 0.1) is 0 Å². The summed E-state index contributed by atoms with van der Waals surface area (Å²) in [4.78, 5) is 15.3. The van der Waals surface area contributed by atoms with Gasteiger partial charge >= 0.3 is 0 Å². The SMILES string of the molecule is CCCCCCCCCC1N=C(N)NC1=O. The van der Waals surface area contributed by atoms with E-state index in [0.29, 0.717) is 0 Å². The summed E-state index contributed by atoms with van der Waals surface area (Å²) in [6, 6.07) is -0.226. The lowest BCUT2D eigenvalue weighted by molar-refractivity contribution is -0.120. The summed E-state index contributed by atoms with van der Waals surface area (Å²) in [6.45, 7) is 2.22. The van der Waals surface area contributed by atoms with Crippen LogP contribution in [0.25, 0.3) is 0 Å². The van der Waals surface area contributed by atoms with Crippen LogP contribution >= 0.6 is 0 Å². The molecule has 0 saturated heterocycles. The molecule has 0 spiro atoms. The predicted molar refractivity (Wildman–Crippen MR) is 66.2 cm³/mol. The van der Waals surface area contributed by atoms with Crippen molar-refractivity contribution in [2.45, 2.75) is 64.3 Å². The van der Waals surface area contributed by atoms with E-state index < -0.39 is 0 Å². The Labute approximate surface area is 97.7 Å². The van der Waals surface area contributed by atoms with Crippen molar-refractivity contribution in [1.82, 2.24) is 5.32 Å². The van der Waals surface area contributed by atoms with Crippen LogP contribution in [0, 0.1) is 0 Å². The van der Waals surface area contributed by atoms with Gasteiger partial charge in [0, 0.05) is 0 Å². The number of nitrogens with one attached hydrogen (secondary N) is 1. The van der Waals surface area contributed by atoms with E-state index in [1.165, 1.54) is 38.5 Å². The lowest BCUT2D eigenvalue weighted by atomic mass is 10.1. The van der Waals surface area contributed by atoms with Crippen molar-refractivity contribution in [2.24, 2.45) is 10.7 Å². The Kier molecular flexibility index (Phi) is 5.90. The molecule has 4 nitrogen and oxygen atoms in total. The molecule has 1 atom stereocenters. The number of guanidine groups is 1. The summed E-state index contributed by atoms with van der Waals surface area (Å²) in [5.41, 5.74) is 5.42. The van der Waals surface area contributed by atoms with E-state index in [4.69, 9.17) is 5.73 Å². The Bertz CT molecular complexity index is 251. The molecule has 0 fully saturated rings. The maximum absolute atomic E-state index is 11.3. The predicted octanol–water partition coefficient (Wildman–Crippen LogP) is 1.94. The molecule has 1 amide bonds. The van der Waals surface area contributed by atoms with Crippen molar-refractivity contribution < 1.29 is 4.79 Å². The van der Waals surface area contributed by atoms with E-state index in [-0.39, 0.29) is 17.9 Å². The number of carbonyl (C=O) groups is 1. The molecule has 0 aromatic heterocycles. The molecule has 1 aliphatic rings. The zero-order valence-electron chi connectivity index (χ0n) is 10.2. The smallest absolute Gasteiger partial charge is 0.251 e. The number of rotatable bonds is 8. The van der Waals surface area contributed by atoms with E-state index in [1.54, 1.807) is 0 Å². The first-order chi connectivity index (χ1) is 7.74. The van der Waals surface area contributed by atoms with Gasteiger partial charge in [-0.25, -0.2) is 4.99 Å². The van der Waals surface area contributed by atoms with Crippen molar-refractivity contribution in [3.63, 3.8) is 0 Å². The molecular formula is C12H23N3O. The third kappa shape index (κ3) is 4.64. The largest absolute Gasteiger partial charge is 0.370 e. The second-order valence-corrected chi connectivity index (χ2v) is 4.43. The van der Waals surface area contributed by atoms with Crippen molar-refractivity contribution >= 4 is 11.9 Å². The van der Waals surface area contributed by atoms with Gasteiger partial charge in [0.15, 0.2) is 5.96 Å². The van der Waals surface area contributed by atoms with E-state index in [1.807, 2.05) is 0 Å². The van der Waals surface area contributed by atoms with E-state index >= 15 is 0 Å². The summed E-state index contributed by atoms with van der Waals surface area (Å²) < 4.78 is 0. The molecular weight excluding hydrogens is 202 g/mol. The molecule has 3 N–H and O–H groups in total. The van der Waals surface area contributed by atoms with Crippen molar-refractivity contribution in [3.8, 4) is 0 Å². The Morgan fingerprint density at radius 1 is 1.19 bits per heavy atom. The quantitative estimate of drug-likeness (QED) is 0.620. The van der Waals surface area contributed by atoms with Gasteiger partial charge in [0.1, 0.15) is 6.04 Å². The van der Waals surface area contributed by atoms with Gasteiger partial charge in [-0.15, -0.1) is 0 Å². The van der Waals surface area contributed by atoms with Gasteiger partial charge in [-0.2, -0.15) is 0 Å². The fourth-order valence-electron chi connectivity index (χ4n) is 1.96. The first-order valence-corrected chi connectivity index (χ1v) is 6.38. The standard InChI is InChI=1S/C12H23N3O/c1-2-3-4-5-6-7-8-9-10-11(16)15-12(13)14-10/h10H,2-9H2,1H3,(H3,13,14,15,16). The van der Waals surface area contributed by atoms with Gasteiger partial charge in [0.2, 0.25) is 0 Å². The number of unbranched alkanes of at least 4 members (excludes halogenated alkanes) is 6. The number of amides is 1. The normalized spacial score (nSPS) is 19.7. The molecule has 0 bridgehead atoms. The third-order valence-electron chi connectivity index (χ3n) is 2.93. The van der Waals surface area contributed by atoms with Crippen molar-refractivity contribution in [3.05, 3.63) is 0 Å². The van der Waals surface area contributed by atoms with Gasteiger partial charge in [-0.3, -0.25) is 10.1 Å². The zero-order valence-corrected chi connectivity index (χ0v) is 10.2. The summed E-state index contributed by atoms with van der Waals surface area (Å²) in [7, 11) is 0. The van der Waals surface area contributed by atoms with Crippen molar-refractivity contribution in [2.75, 3.05) is 0 Å². The lowest BCUT2D eigenvalue weighted by Crippen LogP contribution is -2.32. The minimum atomic E-state index is -0.226. The first kappa shape index (κ1) is 13.0. The van der Waals surface area contributed by atoms with Crippen LogP contribution in [0.15, 0.2) is 4.99 Å². The van der Waals surface area contributed by atoms with Crippen LogP contribution in [-0.2, 0) is 4.79 Å². The van der Waals surface area contributed by atoms with E-state index in [2.05, 4.69) is 17.2 Å². The molecule has 92 valence electrons. The number of nitrogens with zero attached hydrogens (tertiary/aromatic N) is 1. The van der Waals surface area contributed by atoms with Crippen LogP contribution in [0.1, 0.15) is 58.3 Å². The van der Waals surface area contributed by atoms with Gasteiger partial charge in [0.25, 0.3) is 5.91 Å². The first-order valence-electron chi connectivity index (χ1n) is 6.38. The Morgan fingerprint density at radius 3 is 2.38 bits per heavy atom. The van der Waals surface area contributed by atoms with Crippen LogP contribution in [-0.4, -0.2) is 17.9 Å². The summed E-state index contributed by atoms with van der Waals surface area (Å²) in [5.74, 6) is 0.237. The number of nitrogens with two attached hydrogens (primary N) is 1. The lowest BCUT2D eigenvalue weighted by Gasteiger charge is -2.04. The Hall–Kier alpha value is -1.06. The minimum absolute atomic E-state index is 0.0384. The third-order valence-corrected chi connectivity index (χ3v) is 2.93. The van der Waals surface area contributed by atoms with Gasteiger partial charge in [-0.1, -0.05) is 51.9 Å². The highest BCUT2D eigenvalue weighted by atomic mass is 16.2. The molecule has 4 heteroatoms. The maximum atomic E-state index is 11.3. The highest BCUT2D eigenvalue weighted by Crippen LogP contribution is 2.12. The monoisotopic (exact) mass is 225 g/mol. The Morgan fingerprint density at radius 2 is 1.81 bits per heavy atom. The highest BCUT2D eigenvalue weighted by Gasteiger charge is 2.23. The topological polar surface area (TPSA) is 67.5 Å². The molecule has 1 unspecified atom stereocenters. The second kappa shape index (κ2) is 7.25. The van der Waals surface area contributed by atoms with Crippen LogP contribution in [0.3, 0.4) is 0 Å². The molecule has 0 aliphatic carbocycles. The minimum Gasteiger partial charge on any atom is -0.370 e. The fraction of sp³-hybridized carbons (Fsp3) is 0.833. The highest BCUT2D eigenvalue weighted by molar-refractivity contribution is 6.04. The van der Waals surface area contributed by atoms with Gasteiger partial charge in [-0.05, 0) is 6.42 Å². The number of hydrogen-bond acceptors (Lipinski definition) is 3. The summed E-state index contributed by atoms with van der Waals surface area (Å²) >= 11 is 0. The molecule has 1 heterocycles. The Balaban J connectivity index is 1.97. The molecule has 0 radical (unpaired) electrons. The summed E-state index contributed by atoms with van der Waals surface area (Å²) in [5, 5.41) is 2.52. The number of aliphatic imine (C=N–C) groups is 1. The van der Waals surface area contributed by atoms with E-state index in [9.17, 15) is 4.79 Å². The van der Waals surface area contributed by atoms with Crippen LogP contribution < -0.4 is 11.1 Å². The number of carbonyl (C=O) groups excluding carboxylic acids is 1. The summed E-state index contributed by atoms with van der Waals surface area (Å²) in [6.07, 6.45) is 9.65. The van der Waals surface area contributed by atoms with Crippen LogP contribution in [0.4, 0.5) is 0 Å². The van der Waals surface area contributed by atoms with Crippen LogP contribution in [0.2, 0.25) is 0 Å². The molecule has 0 aromatic rings. The molecule has 1 aliphatic heterocycles. The number of hydrogen-bond donors (Lipinski definition) is 2. The van der Waals surface area contributed by atoms with Gasteiger partial charge < -0.3 is 5.73 Å². The van der Waals surface area contributed by atoms with E-state index in [0.717, 1.165) is 12.8 Å². The molecule has 0 saturated carbocycles. The average Bonchev–Trinajstić information content (AvgIpc) is 2.56. The van der Waals surface area contributed by atoms with Crippen LogP contribution in [0.5, 0.6) is 0 Å². The average molecular weight is 225 g/mol. The molecule has 16 heavy (non-hydrogen) atoms. The zero-order chi connectivity index (χ0) is 11.8. The molecule has 1 rings (SSSR count). The fourth-order valence-corrected chi connectivity index (χ4v) is 1.96. The second-order valence-electron chi connectivity index (χ2n) is 4.43. The molecule has 0 aromatic carbocycles. The van der Waals surface area contributed by atoms with Crippen molar-refractivity contribution in [1.29, 1.82) is 0 Å². The maximum Gasteiger partial charge on any atom is 0.251 e.